The molecule has 2 fully saturated rings. The molecule has 2 amide bonds. The summed E-state index contributed by atoms with van der Waals surface area (Å²) in [5.74, 6) is 0. The third-order valence-electron chi connectivity index (χ3n) is 3.38. The van der Waals surface area contributed by atoms with Crippen LogP contribution in [-0.2, 0) is 4.74 Å². The third kappa shape index (κ3) is 2.65. The fourth-order valence-corrected chi connectivity index (χ4v) is 2.34. The number of morpholine rings is 1. The van der Waals surface area contributed by atoms with E-state index in [1.807, 2.05) is 16.8 Å². The van der Waals surface area contributed by atoms with Crippen LogP contribution in [0.2, 0.25) is 0 Å². The normalized spacial score (nSPS) is 26.9. The first-order chi connectivity index (χ1) is 7.81. The zero-order valence-corrected chi connectivity index (χ0v) is 9.95. The Hall–Kier alpha value is -0.810. The summed E-state index contributed by atoms with van der Waals surface area (Å²) >= 11 is 0. The molecule has 0 aromatic carbocycles. The predicted molar refractivity (Wildman–Crippen MR) is 61.4 cm³/mol. The molecule has 92 valence electrons. The molecule has 5 nitrogen and oxygen atoms in total. The van der Waals surface area contributed by atoms with Gasteiger partial charge in [0, 0.05) is 32.2 Å². The minimum Gasteiger partial charge on any atom is -0.378 e. The smallest absolute Gasteiger partial charge is 0.320 e. The van der Waals surface area contributed by atoms with Crippen LogP contribution < -0.4 is 5.32 Å². The van der Waals surface area contributed by atoms with Crippen LogP contribution in [0.5, 0.6) is 0 Å². The average Bonchev–Trinajstić information content (AvgIpc) is 2.39. The van der Waals surface area contributed by atoms with E-state index >= 15 is 0 Å². The van der Waals surface area contributed by atoms with Gasteiger partial charge in [-0.15, -0.1) is 0 Å². The highest BCUT2D eigenvalue weighted by atomic mass is 16.5. The van der Waals surface area contributed by atoms with Crippen molar-refractivity contribution in [3.05, 3.63) is 0 Å². The van der Waals surface area contributed by atoms with E-state index in [9.17, 15) is 4.79 Å². The van der Waals surface area contributed by atoms with Gasteiger partial charge < -0.3 is 19.9 Å². The van der Waals surface area contributed by atoms with Gasteiger partial charge in [-0.25, -0.2) is 4.79 Å². The molecule has 0 aromatic heterocycles. The maximum Gasteiger partial charge on any atom is 0.320 e. The van der Waals surface area contributed by atoms with Crippen LogP contribution in [0.3, 0.4) is 0 Å². The summed E-state index contributed by atoms with van der Waals surface area (Å²) in [6.07, 6.45) is 2.27. The highest BCUT2D eigenvalue weighted by Crippen LogP contribution is 2.12. The van der Waals surface area contributed by atoms with Gasteiger partial charge >= 0.3 is 6.03 Å². The first-order valence-electron chi connectivity index (χ1n) is 6.10. The maximum absolute atomic E-state index is 12.2. The second-order valence-electron chi connectivity index (χ2n) is 4.46. The quantitative estimate of drug-likeness (QED) is 0.692. The summed E-state index contributed by atoms with van der Waals surface area (Å²) in [6, 6.07) is 0.641. The lowest BCUT2D eigenvalue weighted by Crippen LogP contribution is -2.53. The van der Waals surface area contributed by atoms with Gasteiger partial charge in [-0.1, -0.05) is 0 Å². The van der Waals surface area contributed by atoms with Gasteiger partial charge in [0.1, 0.15) is 0 Å². The number of nitrogens with zero attached hydrogens (tertiary/aromatic N) is 2. The van der Waals surface area contributed by atoms with E-state index in [1.165, 1.54) is 6.42 Å². The van der Waals surface area contributed by atoms with E-state index in [0.717, 1.165) is 32.6 Å². The van der Waals surface area contributed by atoms with Crippen molar-refractivity contribution in [2.24, 2.45) is 0 Å². The van der Waals surface area contributed by atoms with Gasteiger partial charge in [0.05, 0.1) is 13.2 Å². The number of nitrogens with one attached hydrogen (secondary N) is 1. The Morgan fingerprint density at radius 1 is 1.25 bits per heavy atom. The van der Waals surface area contributed by atoms with E-state index in [4.69, 9.17) is 4.74 Å². The molecule has 2 aliphatic heterocycles. The highest BCUT2D eigenvalue weighted by molar-refractivity contribution is 5.74. The van der Waals surface area contributed by atoms with Crippen molar-refractivity contribution in [2.75, 3.05) is 46.4 Å². The van der Waals surface area contributed by atoms with E-state index in [1.54, 1.807) is 0 Å². The first-order valence-corrected chi connectivity index (χ1v) is 6.10. The van der Waals surface area contributed by atoms with Gasteiger partial charge in [0.25, 0.3) is 0 Å². The Bertz CT molecular complexity index is 241. The number of urea groups is 1. The molecule has 2 heterocycles. The van der Waals surface area contributed by atoms with Gasteiger partial charge in [0.2, 0.25) is 0 Å². The lowest BCUT2D eigenvalue weighted by molar-refractivity contribution is 0.0404. The fourth-order valence-electron chi connectivity index (χ4n) is 2.34. The summed E-state index contributed by atoms with van der Waals surface area (Å²) in [6.45, 7) is 4.56. The van der Waals surface area contributed by atoms with Crippen LogP contribution in [0, 0.1) is 0 Å². The number of likely N-dealkylation sites (tertiary alicyclic amines) is 1. The standard InChI is InChI=1S/C11H21N3O2/c1-12-10-3-2-4-14(9-10)11(15)13-5-7-16-8-6-13/h10,12H,2-9H2,1H3. The average molecular weight is 227 g/mol. The molecular weight excluding hydrogens is 206 g/mol. The topological polar surface area (TPSA) is 44.8 Å². The Balaban J connectivity index is 1.87. The predicted octanol–water partition coefficient (Wildman–Crippen LogP) is 0.122. The Morgan fingerprint density at radius 2 is 2.00 bits per heavy atom. The van der Waals surface area contributed by atoms with Crippen LogP contribution >= 0.6 is 0 Å². The Kier molecular flexibility index (Phi) is 4.01. The van der Waals surface area contributed by atoms with Crippen molar-refractivity contribution in [3.8, 4) is 0 Å². The van der Waals surface area contributed by atoms with Crippen LogP contribution in [0.25, 0.3) is 0 Å². The molecule has 2 rings (SSSR count). The van der Waals surface area contributed by atoms with E-state index < -0.39 is 0 Å². The number of hydrogen-bond donors (Lipinski definition) is 1. The summed E-state index contributed by atoms with van der Waals surface area (Å²) in [4.78, 5) is 16.1. The summed E-state index contributed by atoms with van der Waals surface area (Å²) in [5.41, 5.74) is 0. The lowest BCUT2D eigenvalue weighted by Gasteiger charge is -2.37. The number of likely N-dealkylation sites (N-methyl/N-ethyl adjacent to an activating group) is 1. The van der Waals surface area contributed by atoms with Crippen LogP contribution in [0.15, 0.2) is 0 Å². The van der Waals surface area contributed by atoms with Crippen LogP contribution in [0.4, 0.5) is 4.79 Å². The van der Waals surface area contributed by atoms with E-state index in [2.05, 4.69) is 5.32 Å². The zero-order valence-electron chi connectivity index (χ0n) is 9.95. The second kappa shape index (κ2) is 5.50. The highest BCUT2D eigenvalue weighted by Gasteiger charge is 2.27. The van der Waals surface area contributed by atoms with Gasteiger partial charge in [-0.3, -0.25) is 0 Å². The molecule has 16 heavy (non-hydrogen) atoms. The number of piperidine rings is 1. The van der Waals surface area contributed by atoms with Crippen molar-refractivity contribution in [3.63, 3.8) is 0 Å². The minimum absolute atomic E-state index is 0.184. The van der Waals surface area contributed by atoms with Gasteiger partial charge in [-0.05, 0) is 19.9 Å². The molecule has 2 aliphatic rings. The van der Waals surface area contributed by atoms with Gasteiger partial charge in [0.15, 0.2) is 0 Å². The molecule has 1 unspecified atom stereocenters. The molecule has 0 aromatic rings. The molecule has 1 N–H and O–H groups in total. The zero-order chi connectivity index (χ0) is 11.4. The van der Waals surface area contributed by atoms with E-state index in [-0.39, 0.29) is 6.03 Å². The molecule has 0 bridgehead atoms. The van der Waals surface area contributed by atoms with Gasteiger partial charge in [-0.2, -0.15) is 0 Å². The number of amides is 2. The summed E-state index contributed by atoms with van der Waals surface area (Å²) in [7, 11) is 1.97. The third-order valence-corrected chi connectivity index (χ3v) is 3.38. The number of rotatable bonds is 1. The number of carbonyl (C=O) groups excluding carboxylic acids is 1. The minimum atomic E-state index is 0.184. The van der Waals surface area contributed by atoms with Crippen molar-refractivity contribution in [2.45, 2.75) is 18.9 Å². The lowest BCUT2D eigenvalue weighted by atomic mass is 10.1. The maximum atomic E-state index is 12.2. The van der Waals surface area contributed by atoms with Crippen molar-refractivity contribution < 1.29 is 9.53 Å². The molecule has 1 atom stereocenters. The molecule has 0 aliphatic carbocycles. The largest absolute Gasteiger partial charge is 0.378 e. The van der Waals surface area contributed by atoms with Crippen molar-refractivity contribution >= 4 is 6.03 Å². The number of ether oxygens (including phenoxy) is 1. The van der Waals surface area contributed by atoms with Crippen LogP contribution in [-0.4, -0.2) is 68.3 Å². The molecule has 5 heteroatoms. The SMILES string of the molecule is CNC1CCCN(C(=O)N2CCOCC2)C1. The second-order valence-corrected chi connectivity index (χ2v) is 4.46. The number of hydrogen-bond acceptors (Lipinski definition) is 3. The fraction of sp³-hybridized carbons (Fsp3) is 0.909. The Labute approximate surface area is 96.7 Å². The number of carbonyl (C=O) groups is 1. The van der Waals surface area contributed by atoms with Crippen molar-refractivity contribution in [1.29, 1.82) is 0 Å². The molecule has 0 spiro atoms. The molecule has 0 radical (unpaired) electrons. The first kappa shape index (κ1) is 11.7. The van der Waals surface area contributed by atoms with Crippen molar-refractivity contribution in [1.82, 2.24) is 15.1 Å². The summed E-state index contributed by atoms with van der Waals surface area (Å²) in [5, 5.41) is 3.25. The molecule has 2 saturated heterocycles. The van der Waals surface area contributed by atoms with E-state index in [0.29, 0.717) is 19.3 Å². The summed E-state index contributed by atoms with van der Waals surface area (Å²) < 4.78 is 5.25. The molecule has 0 saturated carbocycles. The Morgan fingerprint density at radius 3 is 2.69 bits per heavy atom. The molecular formula is C11H21N3O2. The monoisotopic (exact) mass is 227 g/mol. The van der Waals surface area contributed by atoms with Crippen LogP contribution in [0.1, 0.15) is 12.8 Å².